The minimum absolute atomic E-state index is 0.0281. The number of amides is 1. The van der Waals surface area contributed by atoms with Crippen molar-refractivity contribution in [3.05, 3.63) is 65.0 Å². The number of piperazine rings is 1. The smallest absolute Gasteiger partial charge is 0.261 e. The second-order valence-electron chi connectivity index (χ2n) is 7.22. The van der Waals surface area contributed by atoms with Crippen LogP contribution in [0.15, 0.2) is 54.6 Å². The molecule has 0 bridgehead atoms. The molecule has 1 fully saturated rings. The summed E-state index contributed by atoms with van der Waals surface area (Å²) in [5.74, 6) is 0.0281. The molecule has 0 saturated carbocycles. The van der Waals surface area contributed by atoms with Crippen molar-refractivity contribution in [3.63, 3.8) is 0 Å². The normalized spacial score (nSPS) is 15.1. The molecular weight excluding hydrogens is 366 g/mol. The number of carbonyl (C=O) groups excluding carboxylic acids is 1. The minimum atomic E-state index is 0.0281. The lowest BCUT2D eigenvalue weighted by Crippen LogP contribution is -2.47. The van der Waals surface area contributed by atoms with Crippen LogP contribution < -0.4 is 10.2 Å². The quantitative estimate of drug-likeness (QED) is 0.687. The molecule has 1 aromatic heterocycles. The lowest BCUT2D eigenvalue weighted by molar-refractivity contribution is 0.0960. The van der Waals surface area contributed by atoms with E-state index in [0.29, 0.717) is 6.54 Å². The van der Waals surface area contributed by atoms with Crippen LogP contribution in [0.25, 0.3) is 10.1 Å². The van der Waals surface area contributed by atoms with Crippen molar-refractivity contribution in [1.29, 1.82) is 0 Å². The molecule has 5 heteroatoms. The van der Waals surface area contributed by atoms with E-state index in [1.165, 1.54) is 21.3 Å². The minimum Gasteiger partial charge on any atom is -0.368 e. The number of thiophene rings is 1. The number of rotatable bonds is 6. The third-order valence-corrected chi connectivity index (χ3v) is 6.47. The molecular formula is C23H27N3OS. The molecule has 28 heavy (non-hydrogen) atoms. The van der Waals surface area contributed by atoms with Crippen molar-refractivity contribution in [2.45, 2.75) is 13.3 Å². The zero-order valence-electron chi connectivity index (χ0n) is 16.4. The second-order valence-corrected chi connectivity index (χ2v) is 8.31. The van der Waals surface area contributed by atoms with E-state index in [1.54, 1.807) is 11.3 Å². The number of hydrogen-bond acceptors (Lipinski definition) is 4. The van der Waals surface area contributed by atoms with E-state index in [1.807, 2.05) is 6.92 Å². The fourth-order valence-electron chi connectivity index (χ4n) is 3.83. The van der Waals surface area contributed by atoms with Crippen LogP contribution in [-0.4, -0.2) is 50.1 Å². The number of benzene rings is 2. The topological polar surface area (TPSA) is 35.6 Å². The summed E-state index contributed by atoms with van der Waals surface area (Å²) in [6.07, 6.45) is 1.11. The van der Waals surface area contributed by atoms with Crippen LogP contribution in [0.4, 0.5) is 5.69 Å². The summed E-state index contributed by atoms with van der Waals surface area (Å²) in [5.41, 5.74) is 2.66. The molecule has 2 heterocycles. The van der Waals surface area contributed by atoms with Crippen molar-refractivity contribution >= 4 is 33.0 Å². The summed E-state index contributed by atoms with van der Waals surface area (Å²) in [6, 6.07) is 19.2. The van der Waals surface area contributed by atoms with Gasteiger partial charge in [-0.1, -0.05) is 36.4 Å². The summed E-state index contributed by atoms with van der Waals surface area (Å²) in [5, 5.41) is 4.11. The van der Waals surface area contributed by atoms with Crippen LogP contribution in [-0.2, 0) is 6.42 Å². The highest BCUT2D eigenvalue weighted by molar-refractivity contribution is 7.20. The molecule has 4 rings (SSSR count). The first-order valence-corrected chi connectivity index (χ1v) is 10.9. The van der Waals surface area contributed by atoms with E-state index in [9.17, 15) is 4.79 Å². The first-order chi connectivity index (χ1) is 13.7. The molecule has 2 aromatic carbocycles. The summed E-state index contributed by atoms with van der Waals surface area (Å²) in [7, 11) is 0. The van der Waals surface area contributed by atoms with Gasteiger partial charge in [0.1, 0.15) is 0 Å². The summed E-state index contributed by atoms with van der Waals surface area (Å²) in [4.78, 5) is 18.0. The van der Waals surface area contributed by atoms with E-state index < -0.39 is 0 Å². The van der Waals surface area contributed by atoms with Crippen LogP contribution in [0.1, 0.15) is 22.2 Å². The van der Waals surface area contributed by atoms with Crippen LogP contribution >= 0.6 is 11.3 Å². The summed E-state index contributed by atoms with van der Waals surface area (Å²) in [6.45, 7) is 7.94. The molecule has 0 spiro atoms. The average molecular weight is 394 g/mol. The fourth-order valence-corrected chi connectivity index (χ4v) is 4.82. The number of fused-ring (bicyclic) bond motifs is 1. The van der Waals surface area contributed by atoms with E-state index in [-0.39, 0.29) is 5.91 Å². The van der Waals surface area contributed by atoms with E-state index in [2.05, 4.69) is 69.7 Å². The molecule has 1 aliphatic heterocycles. The van der Waals surface area contributed by atoms with Gasteiger partial charge in [0, 0.05) is 55.0 Å². The van der Waals surface area contributed by atoms with Gasteiger partial charge in [-0.3, -0.25) is 9.69 Å². The highest BCUT2D eigenvalue weighted by Crippen LogP contribution is 2.34. The Bertz CT molecular complexity index is 929. The van der Waals surface area contributed by atoms with Crippen LogP contribution in [0.5, 0.6) is 0 Å². The van der Waals surface area contributed by atoms with Crippen molar-refractivity contribution in [1.82, 2.24) is 10.2 Å². The maximum Gasteiger partial charge on any atom is 0.261 e. The van der Waals surface area contributed by atoms with Gasteiger partial charge in [0.15, 0.2) is 0 Å². The highest BCUT2D eigenvalue weighted by atomic mass is 32.1. The molecule has 0 radical (unpaired) electrons. The zero-order valence-corrected chi connectivity index (χ0v) is 17.2. The van der Waals surface area contributed by atoms with Crippen LogP contribution in [0, 0.1) is 0 Å². The molecule has 0 aliphatic carbocycles. The van der Waals surface area contributed by atoms with Crippen molar-refractivity contribution in [2.75, 3.05) is 44.2 Å². The molecule has 0 atom stereocenters. The maximum atomic E-state index is 12.2. The Hall–Kier alpha value is -2.37. The first kappa shape index (κ1) is 19.0. The Balaban J connectivity index is 1.41. The molecule has 0 unspecified atom stereocenters. The number of nitrogens with zero attached hydrogens (tertiary/aromatic N) is 2. The van der Waals surface area contributed by atoms with Gasteiger partial charge in [0.25, 0.3) is 5.91 Å². The molecule has 1 amide bonds. The van der Waals surface area contributed by atoms with Crippen molar-refractivity contribution < 1.29 is 4.79 Å². The molecule has 4 nitrogen and oxygen atoms in total. The van der Waals surface area contributed by atoms with E-state index in [0.717, 1.165) is 44.0 Å². The second kappa shape index (κ2) is 8.76. The van der Waals surface area contributed by atoms with Gasteiger partial charge >= 0.3 is 0 Å². The third kappa shape index (κ3) is 4.21. The van der Waals surface area contributed by atoms with Crippen LogP contribution in [0.3, 0.4) is 0 Å². The van der Waals surface area contributed by atoms with Crippen molar-refractivity contribution in [3.8, 4) is 0 Å². The van der Waals surface area contributed by atoms with E-state index in [4.69, 9.17) is 0 Å². The lowest BCUT2D eigenvalue weighted by atomic mass is 10.1. The van der Waals surface area contributed by atoms with Gasteiger partial charge in [0.05, 0.1) is 4.88 Å². The Labute approximate surface area is 170 Å². The molecule has 1 saturated heterocycles. The fraction of sp³-hybridized carbons (Fsp3) is 0.348. The monoisotopic (exact) mass is 393 g/mol. The Morgan fingerprint density at radius 3 is 2.57 bits per heavy atom. The SMILES string of the molecule is CCNC(=O)c1cc2c(N3CCN(CCc4ccccc4)CC3)cccc2s1. The number of anilines is 1. The van der Waals surface area contributed by atoms with Gasteiger partial charge in [-0.15, -0.1) is 11.3 Å². The summed E-state index contributed by atoms with van der Waals surface area (Å²) >= 11 is 1.58. The molecule has 146 valence electrons. The van der Waals surface area contributed by atoms with Gasteiger partial charge < -0.3 is 10.2 Å². The number of nitrogens with one attached hydrogen (secondary N) is 1. The summed E-state index contributed by atoms with van der Waals surface area (Å²) < 4.78 is 1.19. The Morgan fingerprint density at radius 1 is 1.04 bits per heavy atom. The van der Waals surface area contributed by atoms with Gasteiger partial charge in [0.2, 0.25) is 0 Å². The van der Waals surface area contributed by atoms with E-state index >= 15 is 0 Å². The van der Waals surface area contributed by atoms with Gasteiger partial charge in [-0.25, -0.2) is 0 Å². The average Bonchev–Trinajstić information content (AvgIpc) is 3.18. The number of hydrogen-bond donors (Lipinski definition) is 1. The molecule has 3 aromatic rings. The number of carbonyl (C=O) groups is 1. The van der Waals surface area contributed by atoms with Crippen molar-refractivity contribution in [2.24, 2.45) is 0 Å². The largest absolute Gasteiger partial charge is 0.368 e. The zero-order chi connectivity index (χ0) is 19.3. The lowest BCUT2D eigenvalue weighted by Gasteiger charge is -2.36. The predicted octanol–water partition coefficient (Wildman–Crippen LogP) is 4.02. The Kier molecular flexibility index (Phi) is 5.93. The van der Waals surface area contributed by atoms with Crippen LogP contribution in [0.2, 0.25) is 0 Å². The van der Waals surface area contributed by atoms with Gasteiger partial charge in [-0.2, -0.15) is 0 Å². The highest BCUT2D eigenvalue weighted by Gasteiger charge is 2.20. The standard InChI is InChI=1S/C23H27N3OS/c1-2-24-23(27)22-17-19-20(9-6-10-21(19)28-22)26-15-13-25(14-16-26)12-11-18-7-4-3-5-8-18/h3-10,17H,2,11-16H2,1H3,(H,24,27). The Morgan fingerprint density at radius 2 is 1.82 bits per heavy atom. The maximum absolute atomic E-state index is 12.2. The molecule has 1 aliphatic rings. The first-order valence-electron chi connectivity index (χ1n) is 10.1. The third-order valence-electron chi connectivity index (χ3n) is 5.37. The predicted molar refractivity (Wildman–Crippen MR) is 119 cm³/mol. The molecule has 1 N–H and O–H groups in total. The van der Waals surface area contributed by atoms with Gasteiger partial charge in [-0.05, 0) is 37.1 Å².